The Balaban J connectivity index is 2.87. The number of benzene rings is 2. The van der Waals surface area contributed by atoms with Gasteiger partial charge in [0, 0.05) is 0 Å². The number of hydrogen-bond donors (Lipinski definition) is 2. The zero-order valence-electron chi connectivity index (χ0n) is 8.73. The first kappa shape index (κ1) is 10.4. The van der Waals surface area contributed by atoms with E-state index < -0.39 is 4.92 Å². The van der Waals surface area contributed by atoms with Gasteiger partial charge in [0.15, 0.2) is 0 Å². The van der Waals surface area contributed by atoms with E-state index in [1.54, 1.807) is 18.2 Å². The van der Waals surface area contributed by atoms with Crippen molar-refractivity contribution >= 4 is 22.1 Å². The molecule has 0 aliphatic rings. The average molecular weight is 217 g/mol. The normalized spacial score (nSPS) is 10.4. The average Bonchev–Trinajstić information content (AvgIpc) is 2.26. The van der Waals surface area contributed by atoms with Crippen LogP contribution in [0.1, 0.15) is 5.56 Å². The Morgan fingerprint density at radius 1 is 1.31 bits per heavy atom. The molecule has 0 saturated carbocycles. The fourth-order valence-corrected chi connectivity index (χ4v) is 1.73. The first-order chi connectivity index (χ1) is 7.63. The van der Waals surface area contributed by atoms with E-state index in [0.29, 0.717) is 11.1 Å². The van der Waals surface area contributed by atoms with Crippen LogP contribution in [0.4, 0.5) is 11.4 Å². The largest absolute Gasteiger partial charge is 0.318 e. The van der Waals surface area contributed by atoms with Crippen LogP contribution in [0.5, 0.6) is 0 Å². The number of hydrogen-bond acceptors (Lipinski definition) is 4. The van der Waals surface area contributed by atoms with Gasteiger partial charge in [-0.2, -0.15) is 0 Å². The van der Waals surface area contributed by atoms with Crippen molar-refractivity contribution in [2.45, 2.75) is 6.92 Å². The summed E-state index contributed by atoms with van der Waals surface area (Å²) in [6.07, 6.45) is 0. The van der Waals surface area contributed by atoms with E-state index in [2.05, 4.69) is 5.43 Å². The summed E-state index contributed by atoms with van der Waals surface area (Å²) in [7, 11) is 0. The molecular formula is C11H11N3O2. The van der Waals surface area contributed by atoms with Crippen molar-refractivity contribution in [3.8, 4) is 0 Å². The molecule has 16 heavy (non-hydrogen) atoms. The van der Waals surface area contributed by atoms with Crippen LogP contribution in [0, 0.1) is 17.0 Å². The molecule has 0 amide bonds. The van der Waals surface area contributed by atoms with Gasteiger partial charge in [0.25, 0.3) is 0 Å². The summed E-state index contributed by atoms with van der Waals surface area (Å²) >= 11 is 0. The first-order valence-electron chi connectivity index (χ1n) is 4.78. The minimum absolute atomic E-state index is 0.0173. The second-order valence-electron chi connectivity index (χ2n) is 3.59. The maximum Gasteiger partial charge on any atom is 0.301 e. The third-order valence-corrected chi connectivity index (χ3v) is 2.49. The zero-order chi connectivity index (χ0) is 11.7. The van der Waals surface area contributed by atoms with Crippen molar-refractivity contribution in [1.82, 2.24) is 0 Å². The van der Waals surface area contributed by atoms with Crippen LogP contribution in [0.3, 0.4) is 0 Å². The number of hydrazine groups is 1. The van der Waals surface area contributed by atoms with E-state index in [-0.39, 0.29) is 5.69 Å². The number of nitro groups is 1. The molecule has 82 valence electrons. The molecule has 0 aromatic heterocycles. The fraction of sp³-hybridized carbons (Fsp3) is 0.0909. The topological polar surface area (TPSA) is 81.2 Å². The van der Waals surface area contributed by atoms with E-state index in [1.807, 2.05) is 19.1 Å². The van der Waals surface area contributed by atoms with E-state index in [0.717, 1.165) is 10.9 Å². The molecule has 0 saturated heterocycles. The minimum Gasteiger partial charge on any atom is -0.318 e. The number of anilines is 1. The summed E-state index contributed by atoms with van der Waals surface area (Å²) in [5.74, 6) is 5.26. The van der Waals surface area contributed by atoms with Gasteiger partial charge < -0.3 is 5.43 Å². The number of fused-ring (bicyclic) bond motifs is 1. The quantitative estimate of drug-likeness (QED) is 0.459. The molecule has 0 aliphatic heterocycles. The van der Waals surface area contributed by atoms with Crippen molar-refractivity contribution in [2.24, 2.45) is 5.84 Å². The Labute approximate surface area is 92.0 Å². The molecule has 5 nitrogen and oxygen atoms in total. The van der Waals surface area contributed by atoms with Gasteiger partial charge in [0.1, 0.15) is 5.69 Å². The van der Waals surface area contributed by atoms with Crippen molar-refractivity contribution in [2.75, 3.05) is 5.43 Å². The number of nitrogens with zero attached hydrogens (tertiary/aromatic N) is 1. The molecule has 2 aromatic rings. The number of nitrogens with one attached hydrogen (secondary N) is 1. The monoisotopic (exact) mass is 217 g/mol. The highest BCUT2D eigenvalue weighted by Gasteiger charge is 2.17. The van der Waals surface area contributed by atoms with E-state index in [4.69, 9.17) is 5.84 Å². The maximum absolute atomic E-state index is 11.0. The summed E-state index contributed by atoms with van der Waals surface area (Å²) < 4.78 is 0. The lowest BCUT2D eigenvalue weighted by atomic mass is 10.0. The van der Waals surface area contributed by atoms with Crippen LogP contribution in [0.25, 0.3) is 10.8 Å². The van der Waals surface area contributed by atoms with Gasteiger partial charge in [-0.15, -0.1) is 0 Å². The Kier molecular flexibility index (Phi) is 2.46. The third-order valence-electron chi connectivity index (χ3n) is 2.49. The number of nitro benzene ring substituents is 1. The number of nitrogens with two attached hydrogens (primary N) is 1. The third kappa shape index (κ3) is 1.57. The van der Waals surface area contributed by atoms with Crippen LogP contribution in [0.2, 0.25) is 0 Å². The number of rotatable bonds is 2. The lowest BCUT2D eigenvalue weighted by molar-refractivity contribution is -0.382. The summed E-state index contributed by atoms with van der Waals surface area (Å²) in [5.41, 5.74) is 3.66. The molecular weight excluding hydrogens is 206 g/mol. The zero-order valence-corrected chi connectivity index (χ0v) is 8.73. The van der Waals surface area contributed by atoms with Crippen molar-refractivity contribution in [3.05, 3.63) is 46.0 Å². The molecule has 0 atom stereocenters. The predicted molar refractivity (Wildman–Crippen MR) is 63.1 cm³/mol. The molecule has 0 radical (unpaired) electrons. The molecule has 5 heteroatoms. The Morgan fingerprint density at radius 2 is 2.00 bits per heavy atom. The van der Waals surface area contributed by atoms with Gasteiger partial charge in [-0.25, -0.2) is 0 Å². The lowest BCUT2D eigenvalue weighted by Crippen LogP contribution is -2.09. The standard InChI is InChI=1S/C11H11N3O2/c1-7-2-3-8-4-5-10(13-12)11(14(15)16)9(8)6-7/h2-6,13H,12H2,1H3. The smallest absolute Gasteiger partial charge is 0.301 e. The predicted octanol–water partition coefficient (Wildman–Crippen LogP) is 2.34. The van der Waals surface area contributed by atoms with Gasteiger partial charge in [-0.3, -0.25) is 16.0 Å². The van der Waals surface area contributed by atoms with Crippen LogP contribution >= 0.6 is 0 Å². The second-order valence-corrected chi connectivity index (χ2v) is 3.59. The van der Waals surface area contributed by atoms with Crippen LogP contribution in [-0.4, -0.2) is 4.92 Å². The first-order valence-corrected chi connectivity index (χ1v) is 4.78. The Hall–Kier alpha value is -2.14. The number of aryl methyl sites for hydroxylation is 1. The molecule has 0 bridgehead atoms. The summed E-state index contributed by atoms with van der Waals surface area (Å²) in [6.45, 7) is 1.89. The summed E-state index contributed by atoms with van der Waals surface area (Å²) in [4.78, 5) is 10.6. The van der Waals surface area contributed by atoms with Crippen molar-refractivity contribution in [3.63, 3.8) is 0 Å². The maximum atomic E-state index is 11.0. The van der Waals surface area contributed by atoms with Gasteiger partial charge in [0.2, 0.25) is 0 Å². The number of nitrogen functional groups attached to an aromatic ring is 1. The lowest BCUT2D eigenvalue weighted by Gasteiger charge is -2.05. The molecule has 0 unspecified atom stereocenters. The fourth-order valence-electron chi connectivity index (χ4n) is 1.73. The highest BCUT2D eigenvalue weighted by atomic mass is 16.6. The van der Waals surface area contributed by atoms with Gasteiger partial charge in [0.05, 0.1) is 10.3 Å². The molecule has 2 aromatic carbocycles. The molecule has 0 fully saturated rings. The summed E-state index contributed by atoms with van der Waals surface area (Å²) in [6, 6.07) is 8.97. The molecule has 0 heterocycles. The summed E-state index contributed by atoms with van der Waals surface area (Å²) in [5, 5.41) is 12.4. The molecule has 2 rings (SSSR count). The van der Waals surface area contributed by atoms with E-state index in [1.165, 1.54) is 0 Å². The van der Waals surface area contributed by atoms with Crippen LogP contribution in [0.15, 0.2) is 30.3 Å². The highest BCUT2D eigenvalue weighted by molar-refractivity contribution is 5.96. The van der Waals surface area contributed by atoms with Crippen molar-refractivity contribution in [1.29, 1.82) is 0 Å². The van der Waals surface area contributed by atoms with Crippen LogP contribution in [-0.2, 0) is 0 Å². The Morgan fingerprint density at radius 3 is 2.62 bits per heavy atom. The van der Waals surface area contributed by atoms with Crippen LogP contribution < -0.4 is 11.3 Å². The van der Waals surface area contributed by atoms with Crippen molar-refractivity contribution < 1.29 is 4.92 Å². The van der Waals surface area contributed by atoms with E-state index >= 15 is 0 Å². The van der Waals surface area contributed by atoms with Gasteiger partial charge in [-0.05, 0) is 24.4 Å². The second kappa shape index (κ2) is 3.79. The molecule has 3 N–H and O–H groups in total. The molecule has 0 aliphatic carbocycles. The van der Waals surface area contributed by atoms with Gasteiger partial charge in [-0.1, -0.05) is 23.8 Å². The highest BCUT2D eigenvalue weighted by Crippen LogP contribution is 2.33. The van der Waals surface area contributed by atoms with E-state index in [9.17, 15) is 10.1 Å². The van der Waals surface area contributed by atoms with Gasteiger partial charge >= 0.3 is 5.69 Å². The Bertz CT molecular complexity index is 566. The minimum atomic E-state index is -0.420. The molecule has 0 spiro atoms. The SMILES string of the molecule is Cc1ccc2ccc(NN)c([N+](=O)[O-])c2c1.